The second-order valence-electron chi connectivity index (χ2n) is 4.32. The summed E-state index contributed by atoms with van der Waals surface area (Å²) in [4.78, 5) is 8.37. The Kier molecular flexibility index (Phi) is 4.75. The van der Waals surface area contributed by atoms with Crippen molar-refractivity contribution in [3.8, 4) is 5.75 Å². The number of hydrogen-bond donors (Lipinski definition) is 2. The number of nitrogens with one attached hydrogen (secondary N) is 2. The Labute approximate surface area is 117 Å². The van der Waals surface area contributed by atoms with Crippen molar-refractivity contribution in [1.29, 1.82) is 0 Å². The van der Waals surface area contributed by atoms with Crippen LogP contribution in [0, 0.1) is 6.92 Å². The summed E-state index contributed by atoms with van der Waals surface area (Å²) in [5.74, 6) is 2.64. The fraction of sp³-hybridized carbons (Fsp3) is 0.462. The molecule has 0 radical (unpaired) electrons. The maximum atomic E-state index is 5.37. The lowest BCUT2D eigenvalue weighted by Gasteiger charge is -2.13. The van der Waals surface area contributed by atoms with E-state index >= 15 is 0 Å². The fourth-order valence-electron chi connectivity index (χ4n) is 1.73. The highest BCUT2D eigenvalue weighted by molar-refractivity contribution is 5.63. The van der Waals surface area contributed by atoms with Gasteiger partial charge in [0.2, 0.25) is 5.75 Å². The lowest BCUT2D eigenvalue weighted by molar-refractivity contribution is 0.383. The maximum absolute atomic E-state index is 5.37. The Balaban J connectivity index is 2.10. The number of anilines is 2. The largest absolute Gasteiger partial charge is 0.490 e. The summed E-state index contributed by atoms with van der Waals surface area (Å²) in [5, 5.41) is 10.2. The number of ether oxygens (including phenoxy) is 1. The molecule has 0 aliphatic heterocycles. The number of aromatic nitrogens is 3. The van der Waals surface area contributed by atoms with Gasteiger partial charge in [0.25, 0.3) is 0 Å². The topological polar surface area (TPSA) is 85.1 Å². The highest BCUT2D eigenvalue weighted by Gasteiger charge is 2.12. The lowest BCUT2D eigenvalue weighted by atomic mass is 10.3. The van der Waals surface area contributed by atoms with Gasteiger partial charge in [-0.2, -0.15) is 0 Å². The zero-order valence-corrected chi connectivity index (χ0v) is 11.9. The first kappa shape index (κ1) is 14.1. The molecule has 0 saturated carbocycles. The molecule has 0 saturated heterocycles. The van der Waals surface area contributed by atoms with Gasteiger partial charge in [-0.15, -0.1) is 0 Å². The van der Waals surface area contributed by atoms with E-state index in [0.717, 1.165) is 24.4 Å². The molecule has 2 N–H and O–H groups in total. The van der Waals surface area contributed by atoms with Gasteiger partial charge in [-0.3, -0.25) is 0 Å². The van der Waals surface area contributed by atoms with Crippen molar-refractivity contribution in [3.63, 3.8) is 0 Å². The third kappa shape index (κ3) is 3.37. The first-order chi connectivity index (χ1) is 9.74. The van der Waals surface area contributed by atoms with Crippen LogP contribution in [-0.2, 0) is 6.54 Å². The van der Waals surface area contributed by atoms with Crippen LogP contribution in [0.25, 0.3) is 0 Å². The highest BCUT2D eigenvalue weighted by atomic mass is 16.5. The average molecular weight is 277 g/mol. The van der Waals surface area contributed by atoms with Crippen molar-refractivity contribution in [2.45, 2.75) is 26.8 Å². The molecule has 2 rings (SSSR count). The first-order valence-electron chi connectivity index (χ1n) is 6.53. The fourth-order valence-corrected chi connectivity index (χ4v) is 1.73. The summed E-state index contributed by atoms with van der Waals surface area (Å²) in [6.45, 7) is 5.28. The Morgan fingerprint density at radius 2 is 2.00 bits per heavy atom. The van der Waals surface area contributed by atoms with Crippen LogP contribution in [0.4, 0.5) is 11.6 Å². The first-order valence-corrected chi connectivity index (χ1v) is 6.53. The monoisotopic (exact) mass is 277 g/mol. The van der Waals surface area contributed by atoms with Gasteiger partial charge in [-0.1, -0.05) is 12.1 Å². The smallest absolute Gasteiger partial charge is 0.204 e. The van der Waals surface area contributed by atoms with E-state index in [1.807, 2.05) is 13.0 Å². The van der Waals surface area contributed by atoms with Crippen molar-refractivity contribution in [2.75, 3.05) is 24.3 Å². The van der Waals surface area contributed by atoms with Crippen molar-refractivity contribution in [1.82, 2.24) is 15.1 Å². The molecule has 0 aromatic carbocycles. The van der Waals surface area contributed by atoms with Gasteiger partial charge in [0.1, 0.15) is 6.33 Å². The van der Waals surface area contributed by atoms with Crippen LogP contribution in [0.15, 0.2) is 16.9 Å². The molecule has 0 spiro atoms. The van der Waals surface area contributed by atoms with Crippen molar-refractivity contribution >= 4 is 11.6 Å². The molecule has 2 aromatic heterocycles. The molecule has 7 heteroatoms. The van der Waals surface area contributed by atoms with Crippen LogP contribution < -0.4 is 15.4 Å². The van der Waals surface area contributed by atoms with Gasteiger partial charge in [-0.05, 0) is 13.3 Å². The minimum atomic E-state index is 0.488. The van der Waals surface area contributed by atoms with Gasteiger partial charge >= 0.3 is 0 Å². The normalized spacial score (nSPS) is 10.3. The quantitative estimate of drug-likeness (QED) is 0.802. The van der Waals surface area contributed by atoms with Crippen LogP contribution in [0.5, 0.6) is 5.75 Å². The molecule has 0 bridgehead atoms. The highest BCUT2D eigenvalue weighted by Crippen LogP contribution is 2.29. The Bertz CT molecular complexity index is 555. The van der Waals surface area contributed by atoms with E-state index in [1.54, 1.807) is 7.11 Å². The van der Waals surface area contributed by atoms with E-state index in [9.17, 15) is 0 Å². The number of nitrogens with zero attached hydrogens (tertiary/aromatic N) is 3. The summed E-state index contributed by atoms with van der Waals surface area (Å²) >= 11 is 0. The zero-order valence-electron chi connectivity index (χ0n) is 11.9. The molecule has 0 aliphatic carbocycles. The molecule has 0 atom stereocenters. The molecule has 2 aromatic rings. The van der Waals surface area contributed by atoms with Gasteiger partial charge in [0.15, 0.2) is 17.4 Å². The predicted octanol–water partition coefficient (Wildman–Crippen LogP) is 2.22. The van der Waals surface area contributed by atoms with Gasteiger partial charge in [0.05, 0.1) is 19.3 Å². The van der Waals surface area contributed by atoms with E-state index in [-0.39, 0.29) is 0 Å². The Hall–Kier alpha value is -2.31. The second kappa shape index (κ2) is 6.74. The Morgan fingerprint density at radius 1 is 1.25 bits per heavy atom. The van der Waals surface area contributed by atoms with E-state index in [4.69, 9.17) is 9.26 Å². The molecule has 7 nitrogen and oxygen atoms in total. The van der Waals surface area contributed by atoms with E-state index < -0.39 is 0 Å². The number of methoxy groups -OCH3 is 1. The van der Waals surface area contributed by atoms with Gasteiger partial charge < -0.3 is 19.9 Å². The molecule has 0 fully saturated rings. The van der Waals surface area contributed by atoms with E-state index in [2.05, 4.69) is 32.7 Å². The second-order valence-corrected chi connectivity index (χ2v) is 4.32. The third-order valence-electron chi connectivity index (χ3n) is 2.66. The summed E-state index contributed by atoms with van der Waals surface area (Å²) in [7, 11) is 1.60. The molecule has 2 heterocycles. The molecular weight excluding hydrogens is 258 g/mol. The molecule has 0 amide bonds. The molecule has 108 valence electrons. The van der Waals surface area contributed by atoms with Crippen LogP contribution >= 0.6 is 0 Å². The molecular formula is C13H19N5O2. The van der Waals surface area contributed by atoms with Crippen molar-refractivity contribution in [2.24, 2.45) is 0 Å². The van der Waals surface area contributed by atoms with Gasteiger partial charge in [0, 0.05) is 12.6 Å². The SMILES string of the molecule is CCCNc1ncnc(NCc2cc(C)no2)c1OC. The van der Waals surface area contributed by atoms with Crippen LogP contribution in [0.1, 0.15) is 24.8 Å². The van der Waals surface area contributed by atoms with E-state index in [1.165, 1.54) is 6.33 Å². The summed E-state index contributed by atoms with van der Waals surface area (Å²) < 4.78 is 10.5. The standard InChI is InChI=1S/C13H19N5O2/c1-4-5-14-12-11(19-3)13(17-8-16-12)15-7-10-6-9(2)18-20-10/h6,8H,4-5,7H2,1-3H3,(H2,14,15,16,17). The zero-order chi connectivity index (χ0) is 14.4. The maximum Gasteiger partial charge on any atom is 0.204 e. The summed E-state index contributed by atoms with van der Waals surface area (Å²) in [5.41, 5.74) is 0.849. The van der Waals surface area contributed by atoms with Crippen molar-refractivity contribution < 1.29 is 9.26 Å². The molecule has 20 heavy (non-hydrogen) atoms. The van der Waals surface area contributed by atoms with Crippen LogP contribution in [0.3, 0.4) is 0 Å². The van der Waals surface area contributed by atoms with Gasteiger partial charge in [-0.25, -0.2) is 9.97 Å². The van der Waals surface area contributed by atoms with Crippen molar-refractivity contribution in [3.05, 3.63) is 23.8 Å². The average Bonchev–Trinajstić information content (AvgIpc) is 2.88. The number of rotatable bonds is 7. The minimum absolute atomic E-state index is 0.488. The predicted molar refractivity (Wildman–Crippen MR) is 75.9 cm³/mol. The molecule has 0 unspecified atom stereocenters. The van der Waals surface area contributed by atoms with Crippen LogP contribution in [-0.4, -0.2) is 28.8 Å². The number of hydrogen-bond acceptors (Lipinski definition) is 7. The third-order valence-corrected chi connectivity index (χ3v) is 2.66. The summed E-state index contributed by atoms with van der Waals surface area (Å²) in [6.07, 6.45) is 2.50. The minimum Gasteiger partial charge on any atom is -0.490 e. The van der Waals surface area contributed by atoms with Crippen LogP contribution in [0.2, 0.25) is 0 Å². The Morgan fingerprint density at radius 3 is 2.60 bits per heavy atom. The lowest BCUT2D eigenvalue weighted by Crippen LogP contribution is -2.08. The summed E-state index contributed by atoms with van der Waals surface area (Å²) in [6, 6.07) is 1.87. The number of aryl methyl sites for hydroxylation is 1. The molecule has 0 aliphatic rings. The van der Waals surface area contributed by atoms with E-state index in [0.29, 0.717) is 23.9 Å².